The largest absolute Gasteiger partial charge is 0.495 e. The molecule has 2 aromatic rings. The van der Waals surface area contributed by atoms with E-state index in [1.165, 1.54) is 0 Å². The Labute approximate surface area is 166 Å². The maximum atomic E-state index is 12.3. The molecule has 1 aliphatic rings. The van der Waals surface area contributed by atoms with Gasteiger partial charge >= 0.3 is 6.18 Å². The molecule has 1 aromatic heterocycles. The van der Waals surface area contributed by atoms with E-state index in [0.717, 1.165) is 5.69 Å². The summed E-state index contributed by atoms with van der Waals surface area (Å²) in [6, 6.07) is 9.17. The number of halogens is 3. The van der Waals surface area contributed by atoms with Crippen LogP contribution in [0.15, 0.2) is 36.5 Å². The van der Waals surface area contributed by atoms with Crippen LogP contribution in [0.2, 0.25) is 0 Å². The van der Waals surface area contributed by atoms with Gasteiger partial charge in [0.1, 0.15) is 18.1 Å². The molecule has 2 N–H and O–H groups in total. The van der Waals surface area contributed by atoms with Crippen molar-refractivity contribution in [2.75, 3.05) is 37.0 Å². The van der Waals surface area contributed by atoms with E-state index in [2.05, 4.69) is 15.3 Å². The third kappa shape index (κ3) is 5.72. The maximum absolute atomic E-state index is 12.3. The SMILES string of the molecule is COc1ccccc1Nc1ccnc(N2CCC(C(=O)NCC(F)(F)F)CC2)n1. The summed E-state index contributed by atoms with van der Waals surface area (Å²) >= 11 is 0. The first kappa shape index (κ1) is 20.7. The third-order valence-electron chi connectivity index (χ3n) is 4.62. The summed E-state index contributed by atoms with van der Waals surface area (Å²) in [5.74, 6) is 0.764. The fourth-order valence-corrected chi connectivity index (χ4v) is 3.13. The van der Waals surface area contributed by atoms with Crippen molar-refractivity contribution in [3.8, 4) is 5.75 Å². The lowest BCUT2D eigenvalue weighted by Gasteiger charge is -2.31. The molecular weight excluding hydrogens is 387 g/mol. The highest BCUT2D eigenvalue weighted by Crippen LogP contribution is 2.27. The highest BCUT2D eigenvalue weighted by molar-refractivity contribution is 5.79. The molecule has 1 saturated heterocycles. The van der Waals surface area contributed by atoms with Gasteiger partial charge in [-0.2, -0.15) is 18.2 Å². The molecule has 1 amide bonds. The molecule has 0 radical (unpaired) electrons. The molecule has 7 nitrogen and oxygen atoms in total. The lowest BCUT2D eigenvalue weighted by atomic mass is 9.96. The van der Waals surface area contributed by atoms with Gasteiger partial charge in [-0.25, -0.2) is 4.98 Å². The maximum Gasteiger partial charge on any atom is 0.405 e. The van der Waals surface area contributed by atoms with Crippen molar-refractivity contribution in [2.24, 2.45) is 5.92 Å². The second kappa shape index (κ2) is 8.97. The Morgan fingerprint density at radius 2 is 1.97 bits per heavy atom. The molecular formula is C19H22F3N5O2. The minimum absolute atomic E-state index is 0.441. The number of carbonyl (C=O) groups is 1. The van der Waals surface area contributed by atoms with E-state index in [0.29, 0.717) is 43.4 Å². The lowest BCUT2D eigenvalue weighted by Crippen LogP contribution is -2.43. The van der Waals surface area contributed by atoms with Crippen LogP contribution in [0.25, 0.3) is 0 Å². The van der Waals surface area contributed by atoms with Gasteiger partial charge in [-0.15, -0.1) is 0 Å². The Morgan fingerprint density at radius 3 is 2.66 bits per heavy atom. The number of methoxy groups -OCH3 is 1. The summed E-state index contributed by atoms with van der Waals surface area (Å²) in [4.78, 5) is 22.6. The normalized spacial score (nSPS) is 15.1. The van der Waals surface area contributed by atoms with E-state index >= 15 is 0 Å². The zero-order chi connectivity index (χ0) is 20.9. The number of anilines is 3. The van der Waals surface area contributed by atoms with E-state index in [1.807, 2.05) is 34.5 Å². The molecule has 1 aliphatic heterocycles. The van der Waals surface area contributed by atoms with Crippen molar-refractivity contribution < 1.29 is 22.7 Å². The van der Waals surface area contributed by atoms with Crippen LogP contribution in [0.4, 0.5) is 30.6 Å². The number of aromatic nitrogens is 2. The van der Waals surface area contributed by atoms with Gasteiger partial charge in [0, 0.05) is 25.2 Å². The molecule has 2 heterocycles. The number of piperidine rings is 1. The molecule has 0 spiro atoms. The molecule has 0 unspecified atom stereocenters. The number of alkyl halides is 3. The smallest absolute Gasteiger partial charge is 0.405 e. The van der Waals surface area contributed by atoms with Crippen LogP contribution in [0.5, 0.6) is 5.75 Å². The zero-order valence-corrected chi connectivity index (χ0v) is 15.9. The topological polar surface area (TPSA) is 79.4 Å². The molecule has 0 aliphatic carbocycles. The number of hydrogen-bond donors (Lipinski definition) is 2. The number of amides is 1. The van der Waals surface area contributed by atoms with Crippen molar-refractivity contribution in [3.05, 3.63) is 36.5 Å². The van der Waals surface area contributed by atoms with E-state index in [1.54, 1.807) is 19.4 Å². The first-order valence-electron chi connectivity index (χ1n) is 9.18. The minimum Gasteiger partial charge on any atom is -0.495 e. The van der Waals surface area contributed by atoms with Crippen LogP contribution in [-0.4, -0.2) is 48.8 Å². The Hall–Kier alpha value is -3.04. The number of rotatable bonds is 6. The molecule has 156 valence electrons. The minimum atomic E-state index is -4.40. The van der Waals surface area contributed by atoms with Crippen LogP contribution >= 0.6 is 0 Å². The molecule has 1 fully saturated rings. The fraction of sp³-hybridized carbons (Fsp3) is 0.421. The number of benzene rings is 1. The number of ether oxygens (including phenoxy) is 1. The van der Waals surface area contributed by atoms with Gasteiger partial charge in [0.15, 0.2) is 0 Å². The second-order valence-electron chi connectivity index (χ2n) is 6.66. The van der Waals surface area contributed by atoms with Gasteiger partial charge in [0.25, 0.3) is 0 Å². The summed E-state index contributed by atoms with van der Waals surface area (Å²) in [6.45, 7) is -0.323. The Bertz CT molecular complexity index is 839. The van der Waals surface area contributed by atoms with E-state index in [4.69, 9.17) is 4.74 Å². The number of para-hydroxylation sites is 2. The van der Waals surface area contributed by atoms with Crippen LogP contribution < -0.4 is 20.3 Å². The predicted molar refractivity (Wildman–Crippen MR) is 102 cm³/mol. The number of nitrogens with zero attached hydrogens (tertiary/aromatic N) is 3. The zero-order valence-electron chi connectivity index (χ0n) is 15.9. The number of hydrogen-bond acceptors (Lipinski definition) is 6. The monoisotopic (exact) mass is 409 g/mol. The molecule has 10 heteroatoms. The van der Waals surface area contributed by atoms with Gasteiger partial charge in [-0.05, 0) is 31.0 Å². The molecule has 0 atom stereocenters. The van der Waals surface area contributed by atoms with Gasteiger partial charge in [-0.3, -0.25) is 4.79 Å². The van der Waals surface area contributed by atoms with Crippen LogP contribution in [0, 0.1) is 5.92 Å². The molecule has 0 saturated carbocycles. The predicted octanol–water partition coefficient (Wildman–Crippen LogP) is 3.12. The highest BCUT2D eigenvalue weighted by atomic mass is 19.4. The average molecular weight is 409 g/mol. The van der Waals surface area contributed by atoms with Crippen molar-refractivity contribution in [2.45, 2.75) is 19.0 Å². The summed E-state index contributed by atoms with van der Waals surface area (Å²) < 4.78 is 42.1. The van der Waals surface area contributed by atoms with Crippen molar-refractivity contribution in [1.29, 1.82) is 0 Å². The summed E-state index contributed by atoms with van der Waals surface area (Å²) in [6.07, 6.45) is -1.89. The Kier molecular flexibility index (Phi) is 6.40. The van der Waals surface area contributed by atoms with E-state index in [-0.39, 0.29) is 0 Å². The molecule has 29 heavy (non-hydrogen) atoms. The van der Waals surface area contributed by atoms with Crippen LogP contribution in [0.1, 0.15) is 12.8 Å². The van der Waals surface area contributed by atoms with E-state index < -0.39 is 24.5 Å². The summed E-state index contributed by atoms with van der Waals surface area (Å²) in [7, 11) is 1.58. The quantitative estimate of drug-likeness (QED) is 0.763. The number of nitrogens with one attached hydrogen (secondary N) is 2. The molecule has 0 bridgehead atoms. The molecule has 1 aromatic carbocycles. The standard InChI is InChI=1S/C19H22F3N5O2/c1-29-15-5-3-2-4-14(15)25-16-6-9-23-18(26-16)27-10-7-13(8-11-27)17(28)24-12-19(20,21)22/h2-6,9,13H,7-8,10-12H2,1H3,(H,24,28)(H,23,25,26). The summed E-state index contributed by atoms with van der Waals surface area (Å²) in [5, 5.41) is 5.15. The molecule has 3 rings (SSSR count). The second-order valence-corrected chi connectivity index (χ2v) is 6.66. The first-order chi connectivity index (χ1) is 13.9. The summed E-state index contributed by atoms with van der Waals surface area (Å²) in [5.41, 5.74) is 0.764. The van der Waals surface area contributed by atoms with E-state index in [9.17, 15) is 18.0 Å². The van der Waals surface area contributed by atoms with Crippen molar-refractivity contribution >= 4 is 23.4 Å². The van der Waals surface area contributed by atoms with Crippen LogP contribution in [-0.2, 0) is 4.79 Å². The van der Waals surface area contributed by atoms with Gasteiger partial charge in [0.2, 0.25) is 11.9 Å². The third-order valence-corrected chi connectivity index (χ3v) is 4.62. The lowest BCUT2D eigenvalue weighted by molar-refractivity contribution is -0.141. The van der Waals surface area contributed by atoms with Gasteiger partial charge < -0.3 is 20.3 Å². The first-order valence-corrected chi connectivity index (χ1v) is 9.18. The Balaban J connectivity index is 1.59. The number of carbonyl (C=O) groups excluding carboxylic acids is 1. The van der Waals surface area contributed by atoms with Gasteiger partial charge in [0.05, 0.1) is 12.8 Å². The van der Waals surface area contributed by atoms with Crippen LogP contribution in [0.3, 0.4) is 0 Å². The fourth-order valence-electron chi connectivity index (χ4n) is 3.13. The highest BCUT2D eigenvalue weighted by Gasteiger charge is 2.31. The van der Waals surface area contributed by atoms with Crippen molar-refractivity contribution in [1.82, 2.24) is 15.3 Å². The van der Waals surface area contributed by atoms with Gasteiger partial charge in [-0.1, -0.05) is 12.1 Å². The average Bonchev–Trinajstić information content (AvgIpc) is 2.72. The van der Waals surface area contributed by atoms with Crippen molar-refractivity contribution in [3.63, 3.8) is 0 Å². The Morgan fingerprint density at radius 1 is 1.24 bits per heavy atom.